The maximum Gasteiger partial charge on any atom is 0.241 e. The normalized spacial score (nSPS) is 11.9. The summed E-state index contributed by atoms with van der Waals surface area (Å²) >= 11 is 2.78. The van der Waals surface area contributed by atoms with Gasteiger partial charge in [0.15, 0.2) is 0 Å². The lowest BCUT2D eigenvalue weighted by Crippen LogP contribution is -2.25. The average molecular weight is 318 g/mol. The van der Waals surface area contributed by atoms with Crippen molar-refractivity contribution in [2.24, 2.45) is 0 Å². The lowest BCUT2D eigenvalue weighted by Gasteiger charge is -2.03. The standard InChI is InChI=1S/C11H14N2O3S3/c1-8-13-9(6-17-8)2-3-12-19(15,16)11-4-10(5-14)18-7-11/h4,6-7,12,14H,2-3,5H2,1H3. The van der Waals surface area contributed by atoms with E-state index in [-0.39, 0.29) is 11.5 Å². The van der Waals surface area contributed by atoms with Crippen molar-refractivity contribution in [3.05, 3.63) is 32.4 Å². The molecule has 8 heteroatoms. The summed E-state index contributed by atoms with van der Waals surface area (Å²) in [6.07, 6.45) is 0.570. The summed E-state index contributed by atoms with van der Waals surface area (Å²) in [7, 11) is -3.49. The zero-order chi connectivity index (χ0) is 13.9. The van der Waals surface area contributed by atoms with Gasteiger partial charge in [0.1, 0.15) is 0 Å². The minimum atomic E-state index is -3.49. The Bertz CT molecular complexity index is 646. The van der Waals surface area contributed by atoms with Crippen molar-refractivity contribution in [1.29, 1.82) is 0 Å². The number of nitrogens with one attached hydrogen (secondary N) is 1. The molecule has 2 N–H and O–H groups in total. The molecule has 2 heterocycles. The van der Waals surface area contributed by atoms with Crippen molar-refractivity contribution < 1.29 is 13.5 Å². The van der Waals surface area contributed by atoms with Gasteiger partial charge >= 0.3 is 0 Å². The van der Waals surface area contributed by atoms with E-state index in [9.17, 15) is 8.42 Å². The molecule has 0 saturated heterocycles. The molecule has 0 unspecified atom stereocenters. The summed E-state index contributed by atoms with van der Waals surface area (Å²) in [5.41, 5.74) is 0.895. The summed E-state index contributed by atoms with van der Waals surface area (Å²) in [4.78, 5) is 5.11. The highest BCUT2D eigenvalue weighted by atomic mass is 32.2. The van der Waals surface area contributed by atoms with Gasteiger partial charge in [0.05, 0.1) is 22.2 Å². The zero-order valence-electron chi connectivity index (χ0n) is 10.3. The molecule has 0 fully saturated rings. The molecule has 0 atom stereocenters. The van der Waals surface area contributed by atoms with E-state index in [4.69, 9.17) is 5.11 Å². The van der Waals surface area contributed by atoms with Crippen LogP contribution in [0.5, 0.6) is 0 Å². The molecular formula is C11H14N2O3S3. The van der Waals surface area contributed by atoms with Crippen LogP contribution in [0.4, 0.5) is 0 Å². The topological polar surface area (TPSA) is 79.3 Å². The fourth-order valence-corrected chi connectivity index (χ4v) is 4.32. The summed E-state index contributed by atoms with van der Waals surface area (Å²) in [6, 6.07) is 1.49. The zero-order valence-corrected chi connectivity index (χ0v) is 12.7. The van der Waals surface area contributed by atoms with Gasteiger partial charge in [-0.25, -0.2) is 18.1 Å². The monoisotopic (exact) mass is 318 g/mol. The Morgan fingerprint density at radius 3 is 2.74 bits per heavy atom. The Labute approximate surface area is 120 Å². The highest BCUT2D eigenvalue weighted by molar-refractivity contribution is 7.89. The summed E-state index contributed by atoms with van der Waals surface area (Å²) < 4.78 is 26.4. The predicted octanol–water partition coefficient (Wildman–Crippen LogP) is 1.53. The fourth-order valence-electron chi connectivity index (χ4n) is 1.50. The second-order valence-corrected chi connectivity index (χ2v) is 7.74. The fraction of sp³-hybridized carbons (Fsp3) is 0.364. The van der Waals surface area contributed by atoms with Gasteiger partial charge < -0.3 is 5.11 Å². The van der Waals surface area contributed by atoms with Crippen molar-refractivity contribution in [3.8, 4) is 0 Å². The SMILES string of the molecule is Cc1nc(CCNS(=O)(=O)c2csc(CO)c2)cs1. The van der Waals surface area contributed by atoms with Crippen molar-refractivity contribution in [2.45, 2.75) is 24.8 Å². The van der Waals surface area contributed by atoms with E-state index in [0.29, 0.717) is 17.8 Å². The van der Waals surface area contributed by atoms with Crippen molar-refractivity contribution >= 4 is 32.7 Å². The highest BCUT2D eigenvalue weighted by Crippen LogP contribution is 2.19. The molecule has 0 aliphatic heterocycles. The number of aromatic nitrogens is 1. The smallest absolute Gasteiger partial charge is 0.241 e. The predicted molar refractivity (Wildman–Crippen MR) is 76.0 cm³/mol. The van der Waals surface area contributed by atoms with Crippen LogP contribution in [0.1, 0.15) is 15.6 Å². The minimum absolute atomic E-state index is 0.141. The Morgan fingerprint density at radius 1 is 1.37 bits per heavy atom. The van der Waals surface area contributed by atoms with Gasteiger partial charge in [-0.1, -0.05) is 0 Å². The highest BCUT2D eigenvalue weighted by Gasteiger charge is 2.15. The van der Waals surface area contributed by atoms with Crippen LogP contribution in [0, 0.1) is 6.92 Å². The Morgan fingerprint density at radius 2 is 2.16 bits per heavy atom. The molecule has 0 spiro atoms. The third-order valence-corrected chi connectivity index (χ3v) is 5.77. The second kappa shape index (κ2) is 6.10. The van der Waals surface area contributed by atoms with Crippen LogP contribution in [0.15, 0.2) is 21.7 Å². The number of thiazole rings is 1. The van der Waals surface area contributed by atoms with Crippen LogP contribution in [0.2, 0.25) is 0 Å². The molecule has 2 rings (SSSR count). The average Bonchev–Trinajstić information content (AvgIpc) is 2.98. The maximum absolute atomic E-state index is 12.0. The van der Waals surface area contributed by atoms with E-state index in [1.54, 1.807) is 11.3 Å². The molecule has 2 aromatic rings. The van der Waals surface area contributed by atoms with Crippen LogP contribution in [-0.4, -0.2) is 25.1 Å². The Hall–Kier alpha value is -0.800. The number of hydrogen-bond donors (Lipinski definition) is 2. The number of sulfonamides is 1. The van der Waals surface area contributed by atoms with Crippen molar-refractivity contribution in [2.75, 3.05) is 6.54 Å². The first-order valence-corrected chi connectivity index (χ1v) is 8.84. The number of aryl methyl sites for hydroxylation is 1. The van der Waals surface area contributed by atoms with Gasteiger partial charge in [0, 0.05) is 28.6 Å². The molecule has 2 aromatic heterocycles. The molecule has 0 saturated carbocycles. The molecule has 104 valence electrons. The summed E-state index contributed by atoms with van der Waals surface area (Å²) in [5.74, 6) is 0. The van der Waals surface area contributed by atoms with Gasteiger partial charge in [-0.15, -0.1) is 22.7 Å². The Kier molecular flexibility index (Phi) is 4.69. The van der Waals surface area contributed by atoms with E-state index in [1.165, 1.54) is 22.8 Å². The van der Waals surface area contributed by atoms with Crippen LogP contribution < -0.4 is 4.72 Å². The van der Waals surface area contributed by atoms with E-state index in [0.717, 1.165) is 10.7 Å². The van der Waals surface area contributed by atoms with Crippen LogP contribution in [0.3, 0.4) is 0 Å². The number of aliphatic hydroxyl groups is 1. The van der Waals surface area contributed by atoms with Gasteiger partial charge in [-0.2, -0.15) is 0 Å². The second-order valence-electron chi connectivity index (χ2n) is 3.91. The number of aliphatic hydroxyl groups excluding tert-OH is 1. The molecule has 0 radical (unpaired) electrons. The van der Waals surface area contributed by atoms with Gasteiger partial charge in [-0.05, 0) is 13.0 Å². The first-order chi connectivity index (χ1) is 9.01. The van der Waals surface area contributed by atoms with E-state index in [2.05, 4.69) is 9.71 Å². The molecule has 5 nitrogen and oxygen atoms in total. The van der Waals surface area contributed by atoms with E-state index in [1.807, 2.05) is 12.3 Å². The number of thiophene rings is 1. The van der Waals surface area contributed by atoms with E-state index >= 15 is 0 Å². The largest absolute Gasteiger partial charge is 0.391 e. The van der Waals surface area contributed by atoms with Crippen LogP contribution in [0.25, 0.3) is 0 Å². The molecule has 19 heavy (non-hydrogen) atoms. The minimum Gasteiger partial charge on any atom is -0.391 e. The van der Waals surface area contributed by atoms with Gasteiger partial charge in [0.2, 0.25) is 10.0 Å². The Balaban J connectivity index is 1.94. The van der Waals surface area contributed by atoms with Gasteiger partial charge in [0.25, 0.3) is 0 Å². The van der Waals surface area contributed by atoms with E-state index < -0.39 is 10.0 Å². The molecule has 0 bridgehead atoms. The third kappa shape index (κ3) is 3.83. The molecule has 0 aromatic carbocycles. The molecule has 0 aliphatic rings. The van der Waals surface area contributed by atoms with Crippen LogP contribution >= 0.6 is 22.7 Å². The van der Waals surface area contributed by atoms with Gasteiger partial charge in [-0.3, -0.25) is 0 Å². The maximum atomic E-state index is 12.0. The number of hydrogen-bond acceptors (Lipinski definition) is 6. The third-order valence-electron chi connectivity index (χ3n) is 2.44. The molecule has 0 aliphatic carbocycles. The molecule has 0 amide bonds. The lowest BCUT2D eigenvalue weighted by molar-refractivity contribution is 0.285. The summed E-state index contributed by atoms with van der Waals surface area (Å²) in [6.45, 7) is 2.09. The van der Waals surface area contributed by atoms with Crippen LogP contribution in [-0.2, 0) is 23.1 Å². The van der Waals surface area contributed by atoms with Crippen molar-refractivity contribution in [3.63, 3.8) is 0 Å². The summed E-state index contributed by atoms with van der Waals surface area (Å²) in [5, 5.41) is 13.4. The first-order valence-electron chi connectivity index (χ1n) is 5.60. The number of nitrogens with zero attached hydrogens (tertiary/aromatic N) is 1. The lowest BCUT2D eigenvalue weighted by atomic mass is 10.3. The first kappa shape index (κ1) is 14.6. The number of rotatable bonds is 6. The quantitative estimate of drug-likeness (QED) is 0.846. The molecular weight excluding hydrogens is 304 g/mol. The van der Waals surface area contributed by atoms with Crippen molar-refractivity contribution in [1.82, 2.24) is 9.71 Å².